The fourth-order valence-electron chi connectivity index (χ4n) is 1.28. The number of hydrogen-bond donors (Lipinski definition) is 0. The van der Waals surface area contributed by atoms with Crippen LogP contribution in [-0.4, -0.2) is 19.0 Å². The predicted octanol–water partition coefficient (Wildman–Crippen LogP) is 3.60. The Morgan fingerprint density at radius 1 is 1.13 bits per heavy atom. The lowest BCUT2D eigenvalue weighted by atomic mass is 10.3. The summed E-state index contributed by atoms with van der Waals surface area (Å²) in [6.45, 7) is 7.46. The van der Waals surface area contributed by atoms with Gasteiger partial charge in [-0.1, -0.05) is 20.8 Å². The molecule has 0 amide bonds. The van der Waals surface area contributed by atoms with E-state index in [9.17, 15) is 0 Å². The molecule has 1 aliphatic heterocycles. The van der Waals surface area contributed by atoms with Gasteiger partial charge in [-0.15, -0.1) is 11.8 Å². The first-order valence-corrected chi connectivity index (χ1v) is 6.41. The third kappa shape index (κ3) is 3.34. The molecule has 0 N–H and O–H groups in total. The second kappa shape index (κ2) is 6.62. The topological polar surface area (TPSA) is 18.5 Å². The summed E-state index contributed by atoms with van der Waals surface area (Å²) in [7, 11) is 0. The van der Waals surface area contributed by atoms with Gasteiger partial charge < -0.3 is 9.47 Å². The third-order valence-electron chi connectivity index (χ3n) is 1.82. The lowest BCUT2D eigenvalue weighted by molar-refractivity contribution is 0.171. The average molecular weight is 226 g/mol. The normalized spacial score (nSPS) is 12.7. The van der Waals surface area contributed by atoms with Crippen LogP contribution in [0.1, 0.15) is 20.8 Å². The molecule has 2 rings (SSSR count). The minimum absolute atomic E-state index is 0.660. The van der Waals surface area contributed by atoms with Crippen LogP contribution in [0.4, 0.5) is 0 Å². The highest BCUT2D eigenvalue weighted by molar-refractivity contribution is 7.99. The van der Waals surface area contributed by atoms with Gasteiger partial charge in [0.1, 0.15) is 13.2 Å². The maximum absolute atomic E-state index is 5.47. The van der Waals surface area contributed by atoms with E-state index >= 15 is 0 Å². The van der Waals surface area contributed by atoms with Crippen LogP contribution < -0.4 is 9.47 Å². The van der Waals surface area contributed by atoms with Gasteiger partial charge in [0.25, 0.3) is 0 Å². The standard InChI is InChI=1S/C10H12O2S.C2H6/c1-2-13-8-3-4-9-10(7-8)12-6-5-11-9;1-2/h3-4,7H,2,5-6H2,1H3;1-2H3. The number of benzene rings is 1. The van der Waals surface area contributed by atoms with Gasteiger partial charge in [-0.25, -0.2) is 0 Å². The van der Waals surface area contributed by atoms with E-state index in [0.29, 0.717) is 13.2 Å². The molecule has 2 nitrogen and oxygen atoms in total. The van der Waals surface area contributed by atoms with Crippen LogP contribution in [0, 0.1) is 0 Å². The molecule has 84 valence electrons. The van der Waals surface area contributed by atoms with Crippen molar-refractivity contribution in [1.82, 2.24) is 0 Å². The Morgan fingerprint density at radius 3 is 2.47 bits per heavy atom. The molecule has 0 radical (unpaired) electrons. The van der Waals surface area contributed by atoms with Crippen molar-refractivity contribution in [1.29, 1.82) is 0 Å². The number of rotatable bonds is 2. The molecule has 0 unspecified atom stereocenters. The molecule has 0 bridgehead atoms. The van der Waals surface area contributed by atoms with Crippen molar-refractivity contribution in [2.45, 2.75) is 25.7 Å². The first kappa shape index (κ1) is 12.2. The summed E-state index contributed by atoms with van der Waals surface area (Å²) in [5.41, 5.74) is 0. The lowest BCUT2D eigenvalue weighted by Crippen LogP contribution is -2.15. The Balaban J connectivity index is 0.000000531. The van der Waals surface area contributed by atoms with Gasteiger partial charge in [0.2, 0.25) is 0 Å². The molecular weight excluding hydrogens is 208 g/mol. The second-order valence-electron chi connectivity index (χ2n) is 2.74. The predicted molar refractivity (Wildman–Crippen MR) is 65.2 cm³/mol. The van der Waals surface area contributed by atoms with Gasteiger partial charge in [0.05, 0.1) is 0 Å². The van der Waals surface area contributed by atoms with E-state index in [4.69, 9.17) is 9.47 Å². The molecule has 0 saturated carbocycles. The highest BCUT2D eigenvalue weighted by Gasteiger charge is 2.11. The number of fused-ring (bicyclic) bond motifs is 1. The summed E-state index contributed by atoms with van der Waals surface area (Å²) in [5.74, 6) is 2.83. The summed E-state index contributed by atoms with van der Waals surface area (Å²) in [6, 6.07) is 6.09. The van der Waals surface area contributed by atoms with Crippen molar-refractivity contribution in [2.24, 2.45) is 0 Å². The molecule has 0 aliphatic carbocycles. The molecule has 0 atom stereocenters. The fourth-order valence-corrected chi connectivity index (χ4v) is 1.97. The third-order valence-corrected chi connectivity index (χ3v) is 2.70. The quantitative estimate of drug-likeness (QED) is 0.718. The molecule has 0 aromatic heterocycles. The van der Waals surface area contributed by atoms with E-state index in [2.05, 4.69) is 13.0 Å². The van der Waals surface area contributed by atoms with Crippen LogP contribution in [-0.2, 0) is 0 Å². The monoisotopic (exact) mass is 226 g/mol. The number of hydrogen-bond acceptors (Lipinski definition) is 3. The molecule has 0 fully saturated rings. The molecule has 3 heteroatoms. The van der Waals surface area contributed by atoms with Crippen molar-refractivity contribution in [3.8, 4) is 11.5 Å². The van der Waals surface area contributed by atoms with Crippen LogP contribution in [0.3, 0.4) is 0 Å². The zero-order valence-corrected chi connectivity index (χ0v) is 10.4. The van der Waals surface area contributed by atoms with Gasteiger partial charge in [-0.3, -0.25) is 0 Å². The Bertz CT molecular complexity index is 300. The van der Waals surface area contributed by atoms with Crippen LogP contribution in [0.5, 0.6) is 11.5 Å². The minimum Gasteiger partial charge on any atom is -0.486 e. The first-order valence-electron chi connectivity index (χ1n) is 5.42. The van der Waals surface area contributed by atoms with Crippen LogP contribution in [0.15, 0.2) is 23.1 Å². The molecule has 1 aromatic carbocycles. The number of ether oxygens (including phenoxy) is 2. The van der Waals surface area contributed by atoms with Crippen LogP contribution in [0.25, 0.3) is 0 Å². The smallest absolute Gasteiger partial charge is 0.162 e. The lowest BCUT2D eigenvalue weighted by Gasteiger charge is -2.18. The van der Waals surface area contributed by atoms with Crippen molar-refractivity contribution in [2.75, 3.05) is 19.0 Å². The van der Waals surface area contributed by atoms with Gasteiger partial charge in [0.15, 0.2) is 11.5 Å². The molecule has 1 heterocycles. The first-order chi connectivity index (χ1) is 7.40. The highest BCUT2D eigenvalue weighted by atomic mass is 32.2. The zero-order chi connectivity index (χ0) is 11.1. The summed E-state index contributed by atoms with van der Waals surface area (Å²) in [4.78, 5) is 1.24. The van der Waals surface area contributed by atoms with E-state index in [1.54, 1.807) is 0 Å². The van der Waals surface area contributed by atoms with Gasteiger partial charge in [0, 0.05) is 4.90 Å². The Labute approximate surface area is 96.0 Å². The van der Waals surface area contributed by atoms with E-state index in [-0.39, 0.29) is 0 Å². The molecule has 15 heavy (non-hydrogen) atoms. The van der Waals surface area contributed by atoms with Crippen molar-refractivity contribution in [3.63, 3.8) is 0 Å². The molecule has 1 aromatic rings. The Hall–Kier alpha value is -0.830. The van der Waals surface area contributed by atoms with E-state index in [0.717, 1.165) is 17.3 Å². The summed E-state index contributed by atoms with van der Waals surface area (Å²) in [6.07, 6.45) is 0. The second-order valence-corrected chi connectivity index (χ2v) is 4.08. The van der Waals surface area contributed by atoms with E-state index in [1.807, 2.05) is 37.7 Å². The summed E-state index contributed by atoms with van der Waals surface area (Å²) >= 11 is 1.81. The largest absolute Gasteiger partial charge is 0.486 e. The molecular formula is C12H18O2S. The Kier molecular flexibility index (Phi) is 5.40. The minimum atomic E-state index is 0.660. The van der Waals surface area contributed by atoms with Crippen molar-refractivity contribution >= 4 is 11.8 Å². The highest BCUT2D eigenvalue weighted by Crippen LogP contribution is 2.33. The average Bonchev–Trinajstić information content (AvgIpc) is 2.32. The SMILES string of the molecule is CC.CCSc1ccc2c(c1)OCCO2. The fraction of sp³-hybridized carbons (Fsp3) is 0.500. The van der Waals surface area contributed by atoms with Gasteiger partial charge >= 0.3 is 0 Å². The maximum Gasteiger partial charge on any atom is 0.162 e. The Morgan fingerprint density at radius 2 is 1.80 bits per heavy atom. The van der Waals surface area contributed by atoms with Crippen molar-refractivity contribution in [3.05, 3.63) is 18.2 Å². The van der Waals surface area contributed by atoms with E-state index < -0.39 is 0 Å². The van der Waals surface area contributed by atoms with Crippen LogP contribution in [0.2, 0.25) is 0 Å². The maximum atomic E-state index is 5.47. The molecule has 1 aliphatic rings. The summed E-state index contributed by atoms with van der Waals surface area (Å²) in [5, 5.41) is 0. The number of thioether (sulfide) groups is 1. The van der Waals surface area contributed by atoms with Gasteiger partial charge in [-0.05, 0) is 24.0 Å². The zero-order valence-electron chi connectivity index (χ0n) is 9.58. The van der Waals surface area contributed by atoms with Crippen LogP contribution >= 0.6 is 11.8 Å². The van der Waals surface area contributed by atoms with Crippen molar-refractivity contribution < 1.29 is 9.47 Å². The molecule has 0 saturated heterocycles. The van der Waals surface area contributed by atoms with Gasteiger partial charge in [-0.2, -0.15) is 0 Å². The van der Waals surface area contributed by atoms with E-state index in [1.165, 1.54) is 4.90 Å². The molecule has 0 spiro atoms. The summed E-state index contributed by atoms with van der Waals surface area (Å²) < 4.78 is 10.9.